The Labute approximate surface area is 163 Å². The van der Waals surface area contributed by atoms with Crippen molar-refractivity contribution in [1.82, 2.24) is 24.4 Å². The summed E-state index contributed by atoms with van der Waals surface area (Å²) in [5.41, 5.74) is -0.405. The van der Waals surface area contributed by atoms with Gasteiger partial charge in [-0.1, -0.05) is 0 Å². The molecule has 1 aliphatic heterocycles. The Morgan fingerprint density at radius 1 is 1.00 bits per heavy atom. The van der Waals surface area contributed by atoms with E-state index in [-0.39, 0.29) is 0 Å². The molecule has 150 valence electrons. The molecule has 2 amide bonds. The molecule has 11 heteroatoms. The summed E-state index contributed by atoms with van der Waals surface area (Å²) < 4.78 is 41.8. The van der Waals surface area contributed by atoms with E-state index in [9.17, 15) is 18.0 Å². The van der Waals surface area contributed by atoms with Crippen LogP contribution in [0.25, 0.3) is 5.82 Å². The summed E-state index contributed by atoms with van der Waals surface area (Å²) in [6.45, 7) is 1.69. The van der Waals surface area contributed by atoms with Crippen molar-refractivity contribution in [1.29, 1.82) is 0 Å². The van der Waals surface area contributed by atoms with Crippen LogP contribution < -0.4 is 10.2 Å². The van der Waals surface area contributed by atoms with Gasteiger partial charge in [0.15, 0.2) is 17.5 Å². The van der Waals surface area contributed by atoms with Crippen molar-refractivity contribution in [2.45, 2.75) is 0 Å². The predicted molar refractivity (Wildman–Crippen MR) is 98.3 cm³/mol. The molecule has 3 aromatic rings. The van der Waals surface area contributed by atoms with E-state index in [4.69, 9.17) is 0 Å². The van der Waals surface area contributed by atoms with Gasteiger partial charge in [-0.2, -0.15) is 0 Å². The first-order chi connectivity index (χ1) is 14.0. The Kier molecular flexibility index (Phi) is 5.02. The minimum atomic E-state index is -1.62. The van der Waals surface area contributed by atoms with Crippen molar-refractivity contribution in [2.24, 2.45) is 0 Å². The highest BCUT2D eigenvalue weighted by molar-refractivity contribution is 5.89. The van der Waals surface area contributed by atoms with Crippen molar-refractivity contribution in [3.8, 4) is 5.82 Å². The van der Waals surface area contributed by atoms with Crippen LogP contribution in [0.1, 0.15) is 0 Å². The minimum Gasteiger partial charge on any atom is -0.353 e. The van der Waals surface area contributed by atoms with E-state index in [0.717, 1.165) is 12.1 Å². The molecule has 1 N–H and O–H groups in total. The summed E-state index contributed by atoms with van der Waals surface area (Å²) in [5.74, 6) is -2.99. The van der Waals surface area contributed by atoms with E-state index < -0.39 is 29.2 Å². The van der Waals surface area contributed by atoms with E-state index >= 15 is 0 Å². The van der Waals surface area contributed by atoms with Gasteiger partial charge in [0.05, 0.1) is 5.69 Å². The van der Waals surface area contributed by atoms with Crippen LogP contribution in [-0.4, -0.2) is 56.6 Å². The smallest absolute Gasteiger partial charge is 0.322 e. The number of urea groups is 1. The number of halogens is 3. The van der Waals surface area contributed by atoms with E-state index in [1.807, 2.05) is 11.0 Å². The maximum atomic E-state index is 13.8. The molecule has 0 atom stereocenters. The van der Waals surface area contributed by atoms with Gasteiger partial charge in [-0.3, -0.25) is 4.57 Å². The topological polar surface area (TPSA) is 79.2 Å². The zero-order valence-electron chi connectivity index (χ0n) is 15.1. The SMILES string of the molecule is O=C(Nc1ccc(F)c(F)c1F)N1CCN(c2cc(-n3ccnc3)ncn2)CC1. The number of amides is 2. The van der Waals surface area contributed by atoms with E-state index in [1.165, 1.54) is 11.2 Å². The zero-order valence-corrected chi connectivity index (χ0v) is 15.1. The average Bonchev–Trinajstić information content (AvgIpc) is 3.29. The first-order valence-electron chi connectivity index (χ1n) is 8.77. The summed E-state index contributed by atoms with van der Waals surface area (Å²) in [6.07, 6.45) is 6.50. The summed E-state index contributed by atoms with van der Waals surface area (Å²) in [6, 6.07) is 2.98. The average molecular weight is 403 g/mol. The largest absolute Gasteiger partial charge is 0.353 e. The monoisotopic (exact) mass is 403 g/mol. The third-order valence-electron chi connectivity index (χ3n) is 4.57. The highest BCUT2D eigenvalue weighted by Crippen LogP contribution is 2.21. The molecule has 1 saturated heterocycles. The first-order valence-corrected chi connectivity index (χ1v) is 8.77. The fraction of sp³-hybridized carbons (Fsp3) is 0.222. The maximum Gasteiger partial charge on any atom is 0.322 e. The van der Waals surface area contributed by atoms with Crippen molar-refractivity contribution < 1.29 is 18.0 Å². The van der Waals surface area contributed by atoms with Crippen LogP contribution >= 0.6 is 0 Å². The van der Waals surface area contributed by atoms with Gasteiger partial charge in [-0.05, 0) is 12.1 Å². The van der Waals surface area contributed by atoms with Gasteiger partial charge in [-0.25, -0.2) is 32.9 Å². The Bertz CT molecular complexity index is 1020. The number of nitrogens with one attached hydrogen (secondary N) is 1. The molecule has 1 aromatic carbocycles. The number of carbonyl (C=O) groups is 1. The predicted octanol–water partition coefficient (Wildman–Crippen LogP) is 2.43. The quantitative estimate of drug-likeness (QED) is 0.680. The highest BCUT2D eigenvalue weighted by atomic mass is 19.2. The van der Waals surface area contributed by atoms with Crippen molar-refractivity contribution in [3.05, 3.63) is 60.7 Å². The number of hydrogen-bond acceptors (Lipinski definition) is 5. The lowest BCUT2D eigenvalue weighted by atomic mass is 10.2. The lowest BCUT2D eigenvalue weighted by Gasteiger charge is -2.35. The molecule has 1 fully saturated rings. The third kappa shape index (κ3) is 3.84. The number of carbonyl (C=O) groups excluding carboxylic acids is 1. The van der Waals surface area contributed by atoms with Gasteiger partial charge in [0.1, 0.15) is 24.3 Å². The lowest BCUT2D eigenvalue weighted by molar-refractivity contribution is 0.208. The molecule has 3 heterocycles. The van der Waals surface area contributed by atoms with Gasteiger partial charge >= 0.3 is 6.03 Å². The Morgan fingerprint density at radius 3 is 2.48 bits per heavy atom. The van der Waals surface area contributed by atoms with Crippen LogP contribution in [0.5, 0.6) is 0 Å². The first kappa shape index (κ1) is 18.7. The molecular weight excluding hydrogens is 387 g/mol. The Morgan fingerprint density at radius 2 is 1.76 bits per heavy atom. The number of anilines is 2. The number of nitrogens with zero attached hydrogens (tertiary/aromatic N) is 6. The normalized spacial score (nSPS) is 14.2. The Balaban J connectivity index is 1.39. The van der Waals surface area contributed by atoms with Gasteiger partial charge < -0.3 is 15.1 Å². The van der Waals surface area contributed by atoms with Gasteiger partial charge in [0, 0.05) is 44.6 Å². The number of aromatic nitrogens is 4. The summed E-state index contributed by atoms with van der Waals surface area (Å²) in [7, 11) is 0. The number of hydrogen-bond donors (Lipinski definition) is 1. The molecule has 0 spiro atoms. The van der Waals surface area contributed by atoms with Crippen LogP contribution in [0, 0.1) is 17.5 Å². The summed E-state index contributed by atoms with van der Waals surface area (Å²) in [5, 5.41) is 2.28. The molecule has 1 aliphatic rings. The minimum absolute atomic E-state index is 0.349. The molecule has 0 radical (unpaired) electrons. The Hall–Kier alpha value is -3.63. The number of benzene rings is 1. The van der Waals surface area contributed by atoms with Gasteiger partial charge in [0.2, 0.25) is 0 Å². The van der Waals surface area contributed by atoms with Crippen molar-refractivity contribution in [3.63, 3.8) is 0 Å². The second kappa shape index (κ2) is 7.78. The molecule has 0 saturated carbocycles. The van der Waals surface area contributed by atoms with Crippen LogP contribution in [0.15, 0.2) is 43.2 Å². The van der Waals surface area contributed by atoms with Crippen LogP contribution in [0.3, 0.4) is 0 Å². The third-order valence-corrected chi connectivity index (χ3v) is 4.57. The van der Waals surface area contributed by atoms with Crippen LogP contribution in [0.4, 0.5) is 29.5 Å². The van der Waals surface area contributed by atoms with Crippen molar-refractivity contribution >= 4 is 17.5 Å². The number of rotatable bonds is 3. The fourth-order valence-electron chi connectivity index (χ4n) is 3.00. The van der Waals surface area contributed by atoms with E-state index in [0.29, 0.717) is 37.8 Å². The summed E-state index contributed by atoms with van der Waals surface area (Å²) in [4.78, 5) is 28.3. The molecule has 29 heavy (non-hydrogen) atoms. The van der Waals surface area contributed by atoms with Crippen LogP contribution in [0.2, 0.25) is 0 Å². The van der Waals surface area contributed by atoms with Gasteiger partial charge in [-0.15, -0.1) is 0 Å². The molecule has 0 unspecified atom stereocenters. The van der Waals surface area contributed by atoms with E-state index in [1.54, 1.807) is 23.3 Å². The highest BCUT2D eigenvalue weighted by Gasteiger charge is 2.24. The number of piperazine rings is 1. The molecule has 8 nitrogen and oxygen atoms in total. The second-order valence-corrected chi connectivity index (χ2v) is 6.33. The van der Waals surface area contributed by atoms with Crippen molar-refractivity contribution in [2.75, 3.05) is 36.4 Å². The molecule has 2 aromatic heterocycles. The van der Waals surface area contributed by atoms with E-state index in [2.05, 4.69) is 20.3 Å². The maximum absolute atomic E-state index is 13.8. The summed E-state index contributed by atoms with van der Waals surface area (Å²) >= 11 is 0. The lowest BCUT2D eigenvalue weighted by Crippen LogP contribution is -2.50. The molecule has 4 rings (SSSR count). The molecule has 0 bridgehead atoms. The number of imidazole rings is 1. The molecule has 0 aliphatic carbocycles. The zero-order chi connectivity index (χ0) is 20.4. The standard InChI is InChI=1S/C18H16F3N7O/c19-12-1-2-13(17(21)16(12)20)25-18(29)27-7-5-26(6-8-27)14-9-15(24-10-23-14)28-4-3-22-11-28/h1-4,9-11H,5-8H2,(H,25,29). The molecular formula is C18H16F3N7O. The van der Waals surface area contributed by atoms with Gasteiger partial charge in [0.25, 0.3) is 0 Å². The second-order valence-electron chi connectivity index (χ2n) is 6.33. The fourth-order valence-corrected chi connectivity index (χ4v) is 3.00. The van der Waals surface area contributed by atoms with Crippen LogP contribution in [-0.2, 0) is 0 Å².